The van der Waals surface area contributed by atoms with E-state index in [2.05, 4.69) is 28.5 Å². The van der Waals surface area contributed by atoms with Crippen molar-refractivity contribution in [3.63, 3.8) is 0 Å². The number of rotatable bonds is 6. The van der Waals surface area contributed by atoms with Gasteiger partial charge in [-0.1, -0.05) is 6.07 Å². The third-order valence-electron chi connectivity index (χ3n) is 5.73. The molecule has 4 rings (SSSR count). The van der Waals surface area contributed by atoms with E-state index in [1.54, 1.807) is 33.3 Å². The normalized spacial score (nSPS) is 14.0. The summed E-state index contributed by atoms with van der Waals surface area (Å²) in [6, 6.07) is 13.7. The largest absolute Gasteiger partial charge is 0.496 e. The number of carbonyl (C=O) groups excluding carboxylic acids is 1. The number of hydrogen-bond acceptors (Lipinski definition) is 6. The maximum absolute atomic E-state index is 12.3. The molecule has 0 unspecified atom stereocenters. The Morgan fingerprint density at radius 1 is 1.23 bits per heavy atom. The molecular weight excluding hydrogens is 390 g/mol. The lowest BCUT2D eigenvalue weighted by Crippen LogP contribution is -2.21. The molecule has 1 fully saturated rings. The number of nitrogens with one attached hydrogen (secondary N) is 1. The van der Waals surface area contributed by atoms with E-state index in [1.165, 1.54) is 17.7 Å². The molecule has 1 atom stereocenters. The summed E-state index contributed by atoms with van der Waals surface area (Å²) < 4.78 is 5.57. The van der Waals surface area contributed by atoms with Gasteiger partial charge in [0, 0.05) is 36.7 Å². The van der Waals surface area contributed by atoms with E-state index in [0.29, 0.717) is 28.4 Å². The van der Waals surface area contributed by atoms with Crippen LogP contribution >= 0.6 is 0 Å². The summed E-state index contributed by atoms with van der Waals surface area (Å²) in [6.45, 7) is 2.14. The Morgan fingerprint density at radius 3 is 2.65 bits per heavy atom. The Morgan fingerprint density at radius 2 is 2.00 bits per heavy atom. The first kappa shape index (κ1) is 20.6. The molecule has 3 aromatic rings. The van der Waals surface area contributed by atoms with Crippen LogP contribution in [0.2, 0.25) is 0 Å². The van der Waals surface area contributed by atoms with Gasteiger partial charge in [0.2, 0.25) is 0 Å². The Labute approximate surface area is 181 Å². The van der Waals surface area contributed by atoms with Crippen LogP contribution in [0.15, 0.2) is 36.4 Å². The Balaban J connectivity index is 1.76. The predicted octanol–water partition coefficient (Wildman–Crippen LogP) is 4.09. The first-order chi connectivity index (χ1) is 14.9. The second-order valence-corrected chi connectivity index (χ2v) is 8.15. The van der Waals surface area contributed by atoms with Crippen molar-refractivity contribution in [1.29, 1.82) is 5.26 Å². The van der Waals surface area contributed by atoms with Crippen LogP contribution in [0.5, 0.6) is 5.75 Å². The minimum Gasteiger partial charge on any atom is -0.496 e. The highest BCUT2D eigenvalue weighted by Crippen LogP contribution is 2.37. The molecule has 7 heteroatoms. The van der Waals surface area contributed by atoms with Gasteiger partial charge in [0.25, 0.3) is 5.91 Å². The van der Waals surface area contributed by atoms with Crippen molar-refractivity contribution in [2.75, 3.05) is 26.5 Å². The topological polar surface area (TPSA) is 91.1 Å². The highest BCUT2D eigenvalue weighted by molar-refractivity contribution is 5.97. The molecule has 0 saturated heterocycles. The third-order valence-corrected chi connectivity index (χ3v) is 5.73. The van der Waals surface area contributed by atoms with Crippen molar-refractivity contribution < 1.29 is 9.53 Å². The Hall–Kier alpha value is -3.66. The molecule has 7 nitrogen and oxygen atoms in total. The summed E-state index contributed by atoms with van der Waals surface area (Å²) in [6.07, 6.45) is 2.42. The summed E-state index contributed by atoms with van der Waals surface area (Å²) in [5.74, 6) is 1.16. The van der Waals surface area contributed by atoms with Gasteiger partial charge in [-0.05, 0) is 61.6 Å². The third kappa shape index (κ3) is 4.02. The molecule has 2 aromatic carbocycles. The fraction of sp³-hybridized carbons (Fsp3) is 0.333. The van der Waals surface area contributed by atoms with E-state index in [1.807, 2.05) is 24.3 Å². The molecular formula is C24H25N5O2. The smallest absolute Gasteiger partial charge is 0.253 e. The summed E-state index contributed by atoms with van der Waals surface area (Å²) in [5.41, 5.74) is 4.04. The quantitative estimate of drug-likeness (QED) is 0.652. The van der Waals surface area contributed by atoms with Crippen LogP contribution in [0.1, 0.15) is 35.8 Å². The minimum absolute atomic E-state index is 0.0845. The van der Waals surface area contributed by atoms with Gasteiger partial charge >= 0.3 is 0 Å². The number of aromatic nitrogens is 2. The lowest BCUT2D eigenvalue weighted by Gasteiger charge is -2.17. The molecule has 1 aromatic heterocycles. The van der Waals surface area contributed by atoms with Gasteiger partial charge in [-0.25, -0.2) is 0 Å². The van der Waals surface area contributed by atoms with Crippen molar-refractivity contribution in [1.82, 2.24) is 15.1 Å². The summed E-state index contributed by atoms with van der Waals surface area (Å²) in [5, 5.41) is 22.3. The van der Waals surface area contributed by atoms with E-state index >= 15 is 0 Å². The van der Waals surface area contributed by atoms with Gasteiger partial charge in [-0.2, -0.15) is 5.26 Å². The van der Waals surface area contributed by atoms with Crippen molar-refractivity contribution in [3.05, 3.63) is 47.7 Å². The van der Waals surface area contributed by atoms with Crippen molar-refractivity contribution >= 4 is 22.5 Å². The maximum atomic E-state index is 12.3. The zero-order valence-corrected chi connectivity index (χ0v) is 18.1. The standard InChI is InChI=1S/C24H25N5O2/c1-14(15-5-6-15)26-23-19-10-7-16(11-20(19)27-28-21(23)13-25)18-9-8-17(12-22(18)31-4)24(30)29(2)3/h7-12,14-15H,5-6H2,1-4H3,(H,26,27)/t14-/m1/s1. The summed E-state index contributed by atoms with van der Waals surface area (Å²) in [4.78, 5) is 13.8. The van der Waals surface area contributed by atoms with Gasteiger partial charge in [-0.3, -0.25) is 4.79 Å². The zero-order valence-electron chi connectivity index (χ0n) is 18.1. The number of carbonyl (C=O) groups is 1. The monoisotopic (exact) mass is 415 g/mol. The molecule has 1 saturated carbocycles. The number of nitrogens with zero attached hydrogens (tertiary/aromatic N) is 4. The fourth-order valence-corrected chi connectivity index (χ4v) is 3.76. The number of anilines is 1. The molecule has 1 aliphatic rings. The van der Waals surface area contributed by atoms with Crippen LogP contribution in [-0.2, 0) is 0 Å². The number of nitriles is 1. The van der Waals surface area contributed by atoms with E-state index in [0.717, 1.165) is 22.2 Å². The molecule has 1 heterocycles. The van der Waals surface area contributed by atoms with E-state index in [9.17, 15) is 10.1 Å². The number of methoxy groups -OCH3 is 1. The molecule has 1 N–H and O–H groups in total. The molecule has 31 heavy (non-hydrogen) atoms. The highest BCUT2D eigenvalue weighted by Gasteiger charge is 2.29. The van der Waals surface area contributed by atoms with Crippen LogP contribution < -0.4 is 10.1 Å². The maximum Gasteiger partial charge on any atom is 0.253 e. The van der Waals surface area contributed by atoms with Crippen LogP contribution in [-0.4, -0.2) is 48.3 Å². The van der Waals surface area contributed by atoms with Gasteiger partial charge in [0.05, 0.1) is 18.3 Å². The summed E-state index contributed by atoms with van der Waals surface area (Å²) in [7, 11) is 5.02. The molecule has 0 bridgehead atoms. The van der Waals surface area contributed by atoms with Crippen LogP contribution in [0.4, 0.5) is 5.69 Å². The number of hydrogen-bond donors (Lipinski definition) is 1. The lowest BCUT2D eigenvalue weighted by atomic mass is 10.00. The van der Waals surface area contributed by atoms with Gasteiger partial charge in [0.1, 0.15) is 11.8 Å². The Kier molecular flexibility index (Phi) is 5.47. The predicted molar refractivity (Wildman–Crippen MR) is 120 cm³/mol. The van der Waals surface area contributed by atoms with Crippen molar-refractivity contribution in [2.45, 2.75) is 25.8 Å². The van der Waals surface area contributed by atoms with Gasteiger partial charge < -0.3 is 15.0 Å². The van der Waals surface area contributed by atoms with Crippen LogP contribution in [0, 0.1) is 17.2 Å². The second kappa shape index (κ2) is 8.23. The minimum atomic E-state index is -0.0845. The average molecular weight is 415 g/mol. The lowest BCUT2D eigenvalue weighted by molar-refractivity contribution is 0.0827. The van der Waals surface area contributed by atoms with Crippen LogP contribution in [0.25, 0.3) is 22.0 Å². The average Bonchev–Trinajstić information content (AvgIpc) is 3.63. The molecule has 0 radical (unpaired) electrons. The highest BCUT2D eigenvalue weighted by atomic mass is 16.5. The molecule has 0 spiro atoms. The number of amides is 1. The fourth-order valence-electron chi connectivity index (χ4n) is 3.76. The first-order valence-electron chi connectivity index (χ1n) is 10.3. The zero-order chi connectivity index (χ0) is 22.1. The van der Waals surface area contributed by atoms with Gasteiger partial charge in [0.15, 0.2) is 5.69 Å². The number of benzene rings is 2. The first-order valence-corrected chi connectivity index (χ1v) is 10.3. The summed E-state index contributed by atoms with van der Waals surface area (Å²) >= 11 is 0. The molecule has 1 aliphatic carbocycles. The van der Waals surface area contributed by atoms with Crippen molar-refractivity contribution in [3.8, 4) is 22.9 Å². The van der Waals surface area contributed by atoms with Crippen molar-refractivity contribution in [2.24, 2.45) is 5.92 Å². The molecule has 158 valence electrons. The molecule has 1 amide bonds. The van der Waals surface area contributed by atoms with E-state index in [-0.39, 0.29) is 11.9 Å². The number of fused-ring (bicyclic) bond motifs is 1. The van der Waals surface area contributed by atoms with E-state index in [4.69, 9.17) is 4.74 Å². The SMILES string of the molecule is COc1cc(C(=O)N(C)C)ccc1-c1ccc2c(N[C@H](C)C3CC3)c(C#N)nnc2c1. The van der Waals surface area contributed by atoms with Crippen LogP contribution in [0.3, 0.4) is 0 Å². The second-order valence-electron chi connectivity index (χ2n) is 8.15. The van der Waals surface area contributed by atoms with Gasteiger partial charge in [-0.15, -0.1) is 10.2 Å². The number of ether oxygens (including phenoxy) is 1. The Bertz CT molecular complexity index is 1190. The van der Waals surface area contributed by atoms with E-state index < -0.39 is 0 Å². The molecule has 0 aliphatic heterocycles.